The number of amides is 1. The van der Waals surface area contributed by atoms with E-state index in [4.69, 9.17) is 24.5 Å². The highest BCUT2D eigenvalue weighted by Crippen LogP contribution is 2.08. The SMILES string of the molecule is CC(C)(C)OC(=O)CNc1ccc(C(=O)NCCOCCOCCOCCN=[N+]=[N-])cn1. The van der Waals surface area contributed by atoms with Gasteiger partial charge in [-0.25, -0.2) is 4.98 Å². The number of anilines is 1. The summed E-state index contributed by atoms with van der Waals surface area (Å²) in [4.78, 5) is 30.6. The van der Waals surface area contributed by atoms with Crippen LogP contribution in [0.25, 0.3) is 10.4 Å². The molecule has 0 bridgehead atoms. The molecule has 0 aliphatic heterocycles. The number of nitrogens with one attached hydrogen (secondary N) is 2. The molecule has 1 heterocycles. The molecule has 12 heteroatoms. The van der Waals surface area contributed by atoms with Gasteiger partial charge in [0.05, 0.1) is 45.2 Å². The lowest BCUT2D eigenvalue weighted by Crippen LogP contribution is -2.28. The van der Waals surface area contributed by atoms with Gasteiger partial charge in [-0.3, -0.25) is 9.59 Å². The van der Waals surface area contributed by atoms with E-state index in [-0.39, 0.29) is 18.4 Å². The van der Waals surface area contributed by atoms with Gasteiger partial charge < -0.3 is 29.6 Å². The van der Waals surface area contributed by atoms with Crippen molar-refractivity contribution in [3.63, 3.8) is 0 Å². The Hall–Kier alpha value is -2.92. The number of carbonyl (C=O) groups excluding carboxylic acids is 2. The zero-order chi connectivity index (χ0) is 23.7. The Labute approximate surface area is 187 Å². The van der Waals surface area contributed by atoms with Crippen molar-refractivity contribution in [3.8, 4) is 0 Å². The maximum absolute atomic E-state index is 12.1. The van der Waals surface area contributed by atoms with Crippen molar-refractivity contribution in [1.82, 2.24) is 10.3 Å². The summed E-state index contributed by atoms with van der Waals surface area (Å²) < 4.78 is 21.1. The van der Waals surface area contributed by atoms with Gasteiger partial charge in [0.25, 0.3) is 5.91 Å². The van der Waals surface area contributed by atoms with E-state index in [1.54, 1.807) is 32.9 Å². The number of nitrogens with zero attached hydrogens (tertiary/aromatic N) is 4. The first-order chi connectivity index (χ1) is 15.3. The first-order valence-electron chi connectivity index (χ1n) is 10.3. The van der Waals surface area contributed by atoms with Gasteiger partial charge in [-0.2, -0.15) is 0 Å². The third kappa shape index (κ3) is 14.1. The summed E-state index contributed by atoms with van der Waals surface area (Å²) in [6.45, 7) is 8.39. The highest BCUT2D eigenvalue weighted by atomic mass is 16.6. The van der Waals surface area contributed by atoms with Crippen LogP contribution >= 0.6 is 0 Å². The third-order valence-corrected chi connectivity index (χ3v) is 3.53. The first-order valence-corrected chi connectivity index (χ1v) is 10.3. The van der Waals surface area contributed by atoms with E-state index in [0.29, 0.717) is 64.1 Å². The normalized spacial score (nSPS) is 10.8. The van der Waals surface area contributed by atoms with Gasteiger partial charge in [0.15, 0.2) is 0 Å². The monoisotopic (exact) mass is 452 g/mol. The van der Waals surface area contributed by atoms with Crippen LogP contribution in [0.1, 0.15) is 31.1 Å². The lowest BCUT2D eigenvalue weighted by atomic mass is 10.2. The van der Waals surface area contributed by atoms with E-state index in [9.17, 15) is 9.59 Å². The number of azide groups is 1. The van der Waals surface area contributed by atoms with Crippen molar-refractivity contribution in [2.75, 3.05) is 64.6 Å². The van der Waals surface area contributed by atoms with Crippen LogP contribution in [0.4, 0.5) is 5.82 Å². The topological polar surface area (TPSA) is 157 Å². The molecule has 0 aromatic carbocycles. The summed E-state index contributed by atoms with van der Waals surface area (Å²) in [6, 6.07) is 3.23. The van der Waals surface area contributed by atoms with Crippen LogP contribution in [-0.2, 0) is 23.7 Å². The molecular weight excluding hydrogens is 420 g/mol. The molecule has 0 aliphatic carbocycles. The van der Waals surface area contributed by atoms with Gasteiger partial charge in [-0.1, -0.05) is 5.11 Å². The number of hydrogen-bond acceptors (Lipinski definition) is 9. The van der Waals surface area contributed by atoms with E-state index in [1.165, 1.54) is 6.20 Å². The fraction of sp³-hybridized carbons (Fsp3) is 0.650. The molecule has 0 unspecified atom stereocenters. The molecule has 0 spiro atoms. The van der Waals surface area contributed by atoms with E-state index in [2.05, 4.69) is 25.6 Å². The van der Waals surface area contributed by atoms with Crippen LogP contribution in [0.15, 0.2) is 23.4 Å². The molecule has 12 nitrogen and oxygen atoms in total. The maximum Gasteiger partial charge on any atom is 0.325 e. The summed E-state index contributed by atoms with van der Waals surface area (Å²) in [5, 5.41) is 8.94. The molecule has 0 fully saturated rings. The number of ether oxygens (including phenoxy) is 4. The zero-order valence-corrected chi connectivity index (χ0v) is 18.8. The fourth-order valence-corrected chi connectivity index (χ4v) is 2.20. The summed E-state index contributed by atoms with van der Waals surface area (Å²) in [5.41, 5.74) is 7.96. The molecule has 0 radical (unpaired) electrons. The molecule has 178 valence electrons. The van der Waals surface area contributed by atoms with E-state index >= 15 is 0 Å². The largest absolute Gasteiger partial charge is 0.459 e. The average Bonchev–Trinajstić information content (AvgIpc) is 2.74. The minimum absolute atomic E-state index is 0.0126. The molecule has 1 aromatic heterocycles. The summed E-state index contributed by atoms with van der Waals surface area (Å²) in [6.07, 6.45) is 1.43. The van der Waals surface area contributed by atoms with Crippen LogP contribution in [-0.4, -0.2) is 81.7 Å². The summed E-state index contributed by atoms with van der Waals surface area (Å²) >= 11 is 0. The quantitative estimate of drug-likeness (QED) is 0.127. The number of carbonyl (C=O) groups is 2. The van der Waals surface area contributed by atoms with E-state index in [0.717, 1.165) is 0 Å². The highest BCUT2D eigenvalue weighted by molar-refractivity contribution is 5.94. The summed E-state index contributed by atoms with van der Waals surface area (Å²) in [7, 11) is 0. The van der Waals surface area contributed by atoms with Gasteiger partial charge in [-0.15, -0.1) is 0 Å². The standard InChI is InChI=1S/C20H32N6O6/c1-20(2,3)32-18(27)15-24-17-5-4-16(14-23-17)19(28)22-6-8-29-10-12-31-13-11-30-9-7-25-26-21/h4-5,14H,6-13,15H2,1-3H3,(H,22,28)(H,23,24). The Bertz CT molecular complexity index is 731. The Morgan fingerprint density at radius 3 is 2.31 bits per heavy atom. The Kier molecular flexibility index (Phi) is 13.4. The molecule has 1 amide bonds. The van der Waals surface area contributed by atoms with Crippen molar-refractivity contribution in [3.05, 3.63) is 34.3 Å². The molecule has 0 saturated carbocycles. The molecule has 32 heavy (non-hydrogen) atoms. The highest BCUT2D eigenvalue weighted by Gasteiger charge is 2.16. The van der Waals surface area contributed by atoms with Crippen LogP contribution in [0.3, 0.4) is 0 Å². The molecule has 0 saturated heterocycles. The summed E-state index contributed by atoms with van der Waals surface area (Å²) in [5.74, 6) is -0.187. The van der Waals surface area contributed by atoms with Crippen LogP contribution in [0.5, 0.6) is 0 Å². The van der Waals surface area contributed by atoms with E-state index < -0.39 is 5.60 Å². The van der Waals surface area contributed by atoms with Crippen molar-refractivity contribution in [2.24, 2.45) is 5.11 Å². The second-order valence-electron chi connectivity index (χ2n) is 7.42. The molecule has 0 atom stereocenters. The minimum atomic E-state index is -0.546. The predicted molar refractivity (Wildman–Crippen MR) is 117 cm³/mol. The minimum Gasteiger partial charge on any atom is -0.459 e. The fourth-order valence-electron chi connectivity index (χ4n) is 2.20. The number of rotatable bonds is 16. The van der Waals surface area contributed by atoms with Crippen molar-refractivity contribution >= 4 is 17.7 Å². The molecule has 0 aliphatic rings. The van der Waals surface area contributed by atoms with E-state index in [1.807, 2.05) is 0 Å². The Morgan fingerprint density at radius 2 is 1.72 bits per heavy atom. The molecular formula is C20H32N6O6. The third-order valence-electron chi connectivity index (χ3n) is 3.53. The maximum atomic E-state index is 12.1. The average molecular weight is 453 g/mol. The molecule has 2 N–H and O–H groups in total. The zero-order valence-electron chi connectivity index (χ0n) is 18.8. The number of hydrogen-bond donors (Lipinski definition) is 2. The lowest BCUT2D eigenvalue weighted by molar-refractivity contribution is -0.152. The van der Waals surface area contributed by atoms with Gasteiger partial charge in [-0.05, 0) is 38.4 Å². The van der Waals surface area contributed by atoms with Gasteiger partial charge >= 0.3 is 5.97 Å². The van der Waals surface area contributed by atoms with Crippen molar-refractivity contribution in [1.29, 1.82) is 0 Å². The smallest absolute Gasteiger partial charge is 0.325 e. The number of aromatic nitrogens is 1. The molecule has 1 rings (SSSR count). The lowest BCUT2D eigenvalue weighted by Gasteiger charge is -2.19. The number of pyridine rings is 1. The predicted octanol–water partition coefficient (Wildman–Crippen LogP) is 1.93. The van der Waals surface area contributed by atoms with Gasteiger partial charge in [0, 0.05) is 24.2 Å². The molecule has 1 aromatic rings. The number of esters is 1. The Morgan fingerprint density at radius 1 is 1.06 bits per heavy atom. The van der Waals surface area contributed by atoms with Crippen LogP contribution < -0.4 is 10.6 Å². The van der Waals surface area contributed by atoms with Gasteiger partial charge in [0.1, 0.15) is 18.0 Å². The van der Waals surface area contributed by atoms with Crippen LogP contribution in [0.2, 0.25) is 0 Å². The second kappa shape index (κ2) is 15.8. The van der Waals surface area contributed by atoms with Crippen molar-refractivity contribution < 1.29 is 28.5 Å². The van der Waals surface area contributed by atoms with Crippen LogP contribution in [0, 0.1) is 0 Å². The first kappa shape index (κ1) is 27.1. The van der Waals surface area contributed by atoms with Crippen molar-refractivity contribution in [2.45, 2.75) is 26.4 Å². The van der Waals surface area contributed by atoms with Gasteiger partial charge in [0.2, 0.25) is 0 Å². The second-order valence-corrected chi connectivity index (χ2v) is 7.42. The Balaban J connectivity index is 2.08.